The summed E-state index contributed by atoms with van der Waals surface area (Å²) in [6, 6.07) is 31.7. The molecule has 0 bridgehead atoms. The second-order valence-electron chi connectivity index (χ2n) is 12.9. The lowest BCUT2D eigenvalue weighted by atomic mass is 10.0. The summed E-state index contributed by atoms with van der Waals surface area (Å²) in [6.45, 7) is 1.19. The van der Waals surface area contributed by atoms with E-state index in [1.54, 1.807) is 9.80 Å². The highest BCUT2D eigenvalue weighted by Gasteiger charge is 2.35. The minimum absolute atomic E-state index is 0.0132. The number of nitrogens with one attached hydrogen (secondary N) is 2. The lowest BCUT2D eigenvalue weighted by molar-refractivity contribution is -0.136. The molecular weight excluding hydrogens is 614 g/mol. The zero-order valence-electron chi connectivity index (χ0n) is 27.3. The van der Waals surface area contributed by atoms with Crippen molar-refractivity contribution in [1.29, 1.82) is 0 Å². The van der Waals surface area contributed by atoms with Gasteiger partial charge in [0.05, 0.1) is 36.3 Å². The molecule has 3 aromatic carbocycles. The molecule has 2 aromatic heterocycles. The number of ketones is 1. The van der Waals surface area contributed by atoms with Crippen LogP contribution in [0.15, 0.2) is 103 Å². The van der Waals surface area contributed by atoms with E-state index in [1.165, 1.54) is 0 Å². The lowest BCUT2D eigenvalue weighted by Crippen LogP contribution is -2.43. The van der Waals surface area contributed by atoms with Crippen LogP contribution in [0.3, 0.4) is 0 Å². The molecule has 0 radical (unpaired) electrons. The molecule has 4 heterocycles. The predicted molar refractivity (Wildman–Crippen MR) is 189 cm³/mol. The van der Waals surface area contributed by atoms with Gasteiger partial charge in [0.25, 0.3) is 0 Å². The molecule has 0 unspecified atom stereocenters. The lowest BCUT2D eigenvalue weighted by Gasteiger charge is -2.24. The number of H-pyrrole nitrogens is 1. The fraction of sp³-hybridized carbons (Fsp3) is 0.275. The van der Waals surface area contributed by atoms with Crippen molar-refractivity contribution < 1.29 is 19.2 Å². The van der Waals surface area contributed by atoms with Gasteiger partial charge in [0.15, 0.2) is 5.78 Å². The van der Waals surface area contributed by atoms with Crippen molar-refractivity contribution in [1.82, 2.24) is 19.8 Å². The number of hydrogen-bond acceptors (Lipinski definition) is 5. The number of rotatable bonds is 10. The maximum Gasteiger partial charge on any atom is 0.247 e. The average molecular weight is 654 g/mol. The van der Waals surface area contributed by atoms with Gasteiger partial charge < -0.3 is 20.1 Å². The van der Waals surface area contributed by atoms with Gasteiger partial charge in [-0.2, -0.15) is 0 Å². The predicted octanol–water partition coefficient (Wildman–Crippen LogP) is 5.75. The van der Waals surface area contributed by atoms with E-state index in [9.17, 15) is 19.2 Å². The number of amides is 3. The van der Waals surface area contributed by atoms with E-state index in [2.05, 4.69) is 10.3 Å². The number of aromatic nitrogens is 2. The van der Waals surface area contributed by atoms with Crippen molar-refractivity contribution in [2.45, 2.75) is 57.0 Å². The molecule has 2 atom stereocenters. The molecule has 5 aromatic rings. The molecule has 0 aliphatic carbocycles. The van der Waals surface area contributed by atoms with E-state index in [1.807, 2.05) is 103 Å². The minimum atomic E-state index is -0.483. The quantitative estimate of drug-likeness (QED) is 0.199. The molecule has 248 valence electrons. The van der Waals surface area contributed by atoms with E-state index in [4.69, 9.17) is 4.98 Å². The third kappa shape index (κ3) is 7.31. The van der Waals surface area contributed by atoms with Crippen molar-refractivity contribution in [3.8, 4) is 11.3 Å². The summed E-state index contributed by atoms with van der Waals surface area (Å²) in [7, 11) is 0. The second-order valence-corrected chi connectivity index (χ2v) is 12.9. The highest BCUT2D eigenvalue weighted by Crippen LogP contribution is 2.27. The van der Waals surface area contributed by atoms with Gasteiger partial charge in [-0.05, 0) is 72.7 Å². The number of benzene rings is 3. The number of pyridine rings is 1. The maximum absolute atomic E-state index is 13.4. The fourth-order valence-electron chi connectivity index (χ4n) is 7.04. The Labute approximate surface area is 285 Å². The third-order valence-corrected chi connectivity index (χ3v) is 9.57. The van der Waals surface area contributed by atoms with Gasteiger partial charge in [-0.25, -0.2) is 0 Å². The molecule has 0 saturated carbocycles. The molecule has 2 fully saturated rings. The molecule has 49 heavy (non-hydrogen) atoms. The van der Waals surface area contributed by atoms with Crippen LogP contribution in [0.4, 0.5) is 5.69 Å². The van der Waals surface area contributed by atoms with Crippen LogP contribution < -0.4 is 5.32 Å². The number of fused-ring (bicyclic) bond motifs is 1. The summed E-state index contributed by atoms with van der Waals surface area (Å²) in [6.07, 6.45) is 3.69. The van der Waals surface area contributed by atoms with E-state index in [0.717, 1.165) is 46.3 Å². The molecule has 2 N–H and O–H groups in total. The molecule has 9 nitrogen and oxygen atoms in total. The van der Waals surface area contributed by atoms with Crippen LogP contribution in [0, 0.1) is 0 Å². The molecule has 2 aliphatic heterocycles. The summed E-state index contributed by atoms with van der Waals surface area (Å²) in [5, 5.41) is 3.00. The van der Waals surface area contributed by atoms with Crippen molar-refractivity contribution >= 4 is 40.2 Å². The van der Waals surface area contributed by atoms with Gasteiger partial charge in [-0.15, -0.1) is 0 Å². The number of anilines is 1. The van der Waals surface area contributed by atoms with Gasteiger partial charge in [0.1, 0.15) is 6.04 Å². The Morgan fingerprint density at radius 2 is 1.29 bits per heavy atom. The number of carbonyl (C=O) groups excluding carboxylic acids is 4. The Balaban J connectivity index is 0.967. The first-order valence-electron chi connectivity index (χ1n) is 17.0. The number of hydrogen-bond donors (Lipinski definition) is 2. The minimum Gasteiger partial charge on any atom is -0.353 e. The Bertz CT molecular complexity index is 1970. The Morgan fingerprint density at radius 1 is 0.694 bits per heavy atom. The van der Waals surface area contributed by atoms with E-state index < -0.39 is 12.1 Å². The molecule has 3 amide bonds. The molecule has 2 saturated heterocycles. The summed E-state index contributed by atoms with van der Waals surface area (Å²) >= 11 is 0. The second kappa shape index (κ2) is 14.3. The van der Waals surface area contributed by atoms with Gasteiger partial charge in [0.2, 0.25) is 17.7 Å². The summed E-state index contributed by atoms with van der Waals surface area (Å²) in [5.74, 6) is -0.209. The molecule has 0 spiro atoms. The van der Waals surface area contributed by atoms with Gasteiger partial charge >= 0.3 is 0 Å². The van der Waals surface area contributed by atoms with Crippen molar-refractivity contribution in [3.05, 3.63) is 120 Å². The first kappa shape index (κ1) is 32.0. The Kier molecular flexibility index (Phi) is 9.32. The van der Waals surface area contributed by atoms with Crippen molar-refractivity contribution in [2.75, 3.05) is 18.4 Å². The first-order chi connectivity index (χ1) is 23.9. The van der Waals surface area contributed by atoms with Crippen LogP contribution in [-0.2, 0) is 38.4 Å². The number of Topliss-reactive ketones (excluding diaryl/α,β-unsaturated/α-hetero) is 1. The van der Waals surface area contributed by atoms with Crippen LogP contribution in [-0.4, -0.2) is 68.4 Å². The normalized spacial score (nSPS) is 17.4. The zero-order chi connectivity index (χ0) is 33.7. The highest BCUT2D eigenvalue weighted by molar-refractivity contribution is 5.98. The van der Waals surface area contributed by atoms with Crippen molar-refractivity contribution in [3.63, 3.8) is 0 Å². The molecule has 9 heteroatoms. The summed E-state index contributed by atoms with van der Waals surface area (Å²) in [5.41, 5.74) is 6.62. The van der Waals surface area contributed by atoms with E-state index >= 15 is 0 Å². The molecular formula is C40H39N5O4. The number of carbonyl (C=O) groups is 4. The van der Waals surface area contributed by atoms with Crippen LogP contribution in [0.2, 0.25) is 0 Å². The zero-order valence-corrected chi connectivity index (χ0v) is 27.3. The number of likely N-dealkylation sites (tertiary alicyclic amines) is 2. The summed E-state index contributed by atoms with van der Waals surface area (Å²) in [4.78, 5) is 64.2. The van der Waals surface area contributed by atoms with E-state index in [-0.39, 0.29) is 36.3 Å². The third-order valence-electron chi connectivity index (χ3n) is 9.57. The highest BCUT2D eigenvalue weighted by atomic mass is 16.2. The van der Waals surface area contributed by atoms with Crippen LogP contribution in [0.5, 0.6) is 0 Å². The molecule has 2 aliphatic rings. The van der Waals surface area contributed by atoms with Gasteiger partial charge in [0, 0.05) is 30.2 Å². The first-order valence-corrected chi connectivity index (χ1v) is 17.0. The van der Waals surface area contributed by atoms with Crippen LogP contribution in [0.25, 0.3) is 22.3 Å². The largest absolute Gasteiger partial charge is 0.353 e. The fourth-order valence-corrected chi connectivity index (χ4v) is 7.04. The standard InChI is InChI=1S/C40H39N5O4/c46-37(35-13-7-21-44(35)38(47)23-27-9-3-1-4-10-27)25-31-19-20-32-34(41-31)26-33(43-32)29-15-17-30(18-16-29)42-40(49)36-14-8-22-45(36)39(48)24-28-11-5-2-6-12-28/h1-6,9-12,15-20,26,35-36,43H,7-8,13-14,21-25H2,(H,42,49)/t35-,36-/m0/s1. The van der Waals surface area contributed by atoms with Crippen molar-refractivity contribution in [2.24, 2.45) is 0 Å². The number of aromatic amines is 1. The van der Waals surface area contributed by atoms with Gasteiger partial charge in [-0.3, -0.25) is 24.2 Å². The number of nitrogens with zero attached hydrogens (tertiary/aromatic N) is 3. The van der Waals surface area contributed by atoms with Crippen LogP contribution >= 0.6 is 0 Å². The Morgan fingerprint density at radius 3 is 1.92 bits per heavy atom. The van der Waals surface area contributed by atoms with Crippen LogP contribution in [0.1, 0.15) is 42.5 Å². The monoisotopic (exact) mass is 653 g/mol. The van der Waals surface area contributed by atoms with Gasteiger partial charge in [-0.1, -0.05) is 72.8 Å². The Hall–Kier alpha value is -5.57. The topological polar surface area (TPSA) is 115 Å². The maximum atomic E-state index is 13.4. The summed E-state index contributed by atoms with van der Waals surface area (Å²) < 4.78 is 0. The SMILES string of the molecule is O=C(Cc1ccc2[nH]c(-c3ccc(NC(=O)[C@@H]4CCCN4C(=O)Cc4ccccc4)cc3)cc2n1)[C@@H]1CCCN1C(=O)Cc1ccccc1. The smallest absolute Gasteiger partial charge is 0.247 e. The van der Waals surface area contributed by atoms with E-state index in [0.29, 0.717) is 43.7 Å². The molecule has 7 rings (SSSR count). The average Bonchev–Trinajstić information content (AvgIpc) is 3.90.